The molecule has 0 aliphatic rings. The summed E-state index contributed by atoms with van der Waals surface area (Å²) in [6, 6.07) is 10.7. The molecule has 0 fully saturated rings. The number of halogens is 2. The molecule has 1 N–H and O–H groups in total. The molecular weight excluding hydrogens is 325 g/mol. The molecule has 106 valence electrons. The van der Waals surface area contributed by atoms with Crippen LogP contribution >= 0.6 is 15.9 Å². The van der Waals surface area contributed by atoms with Crippen molar-refractivity contribution in [2.75, 3.05) is 19.5 Å². The Morgan fingerprint density at radius 1 is 1.15 bits per heavy atom. The van der Waals surface area contributed by atoms with Gasteiger partial charge in [-0.05, 0) is 18.2 Å². The van der Waals surface area contributed by atoms with Gasteiger partial charge in [-0.15, -0.1) is 0 Å². The van der Waals surface area contributed by atoms with Gasteiger partial charge in [-0.2, -0.15) is 0 Å². The minimum atomic E-state index is -0.343. The molecule has 20 heavy (non-hydrogen) atoms. The first-order chi connectivity index (χ1) is 9.63. The third-order valence-corrected chi connectivity index (χ3v) is 3.31. The fraction of sp³-hybridized carbons (Fsp3) is 0.200. The molecule has 0 spiro atoms. The number of rotatable bonds is 5. The summed E-state index contributed by atoms with van der Waals surface area (Å²) in [4.78, 5) is 0. The highest BCUT2D eigenvalue weighted by Gasteiger charge is 2.08. The molecule has 0 unspecified atom stereocenters. The Hall–Kier alpha value is -1.75. The highest BCUT2D eigenvalue weighted by Crippen LogP contribution is 2.26. The lowest BCUT2D eigenvalue weighted by atomic mass is 10.2. The van der Waals surface area contributed by atoms with E-state index in [1.807, 2.05) is 18.2 Å². The van der Waals surface area contributed by atoms with E-state index >= 15 is 0 Å². The number of nitrogens with one attached hydrogen (secondary N) is 1. The molecule has 0 aliphatic heterocycles. The van der Waals surface area contributed by atoms with Gasteiger partial charge in [0.2, 0.25) is 0 Å². The van der Waals surface area contributed by atoms with Gasteiger partial charge in [-0.1, -0.05) is 28.1 Å². The van der Waals surface area contributed by atoms with Crippen LogP contribution in [0.2, 0.25) is 0 Å². The van der Waals surface area contributed by atoms with E-state index in [0.717, 1.165) is 15.9 Å². The van der Waals surface area contributed by atoms with E-state index in [-0.39, 0.29) is 11.6 Å². The van der Waals surface area contributed by atoms with Crippen molar-refractivity contribution in [1.29, 1.82) is 0 Å². The Bertz CT molecular complexity index is 604. The van der Waals surface area contributed by atoms with Gasteiger partial charge in [0.05, 0.1) is 14.2 Å². The van der Waals surface area contributed by atoms with E-state index in [2.05, 4.69) is 21.2 Å². The Balaban J connectivity index is 2.14. The van der Waals surface area contributed by atoms with Gasteiger partial charge in [-0.25, -0.2) is 4.39 Å². The molecule has 0 saturated carbocycles. The van der Waals surface area contributed by atoms with Crippen molar-refractivity contribution in [3.8, 4) is 11.5 Å². The molecule has 0 saturated heterocycles. The van der Waals surface area contributed by atoms with Crippen LogP contribution in [-0.4, -0.2) is 14.2 Å². The minimum absolute atomic E-state index is 0.246. The fourth-order valence-corrected chi connectivity index (χ4v) is 2.30. The fourth-order valence-electron chi connectivity index (χ4n) is 1.83. The van der Waals surface area contributed by atoms with E-state index in [9.17, 15) is 4.39 Å². The third kappa shape index (κ3) is 3.42. The number of hydrogen-bond acceptors (Lipinski definition) is 3. The van der Waals surface area contributed by atoms with Gasteiger partial charge >= 0.3 is 0 Å². The number of benzene rings is 2. The molecule has 2 aromatic rings. The highest BCUT2D eigenvalue weighted by molar-refractivity contribution is 9.10. The summed E-state index contributed by atoms with van der Waals surface area (Å²) in [5.41, 5.74) is 1.39. The standard InChI is InChI=1S/C15H15BrFNO2/c1-19-13-7-11(16)6-12(8-13)18-9-10-4-3-5-14(20-2)15(10)17/h3-8,18H,9H2,1-2H3. The zero-order valence-electron chi connectivity index (χ0n) is 11.2. The first-order valence-electron chi connectivity index (χ1n) is 6.04. The van der Waals surface area contributed by atoms with E-state index in [4.69, 9.17) is 9.47 Å². The Kier molecular flexibility index (Phi) is 4.84. The average Bonchev–Trinajstić information content (AvgIpc) is 2.45. The van der Waals surface area contributed by atoms with Gasteiger partial charge in [0, 0.05) is 28.3 Å². The lowest BCUT2D eigenvalue weighted by molar-refractivity contribution is 0.384. The summed E-state index contributed by atoms with van der Waals surface area (Å²) in [7, 11) is 3.06. The molecule has 0 radical (unpaired) electrons. The zero-order chi connectivity index (χ0) is 14.5. The summed E-state index contributed by atoms with van der Waals surface area (Å²) >= 11 is 3.40. The summed E-state index contributed by atoms with van der Waals surface area (Å²) in [6.45, 7) is 0.364. The van der Waals surface area contributed by atoms with Crippen molar-refractivity contribution >= 4 is 21.6 Å². The van der Waals surface area contributed by atoms with E-state index in [0.29, 0.717) is 12.1 Å². The lowest BCUT2D eigenvalue weighted by Crippen LogP contribution is -2.03. The maximum atomic E-state index is 14.0. The average molecular weight is 340 g/mol. The van der Waals surface area contributed by atoms with Gasteiger partial charge < -0.3 is 14.8 Å². The third-order valence-electron chi connectivity index (χ3n) is 2.85. The van der Waals surface area contributed by atoms with E-state index < -0.39 is 0 Å². The molecule has 0 aliphatic carbocycles. The monoisotopic (exact) mass is 339 g/mol. The van der Waals surface area contributed by atoms with Crippen molar-refractivity contribution in [1.82, 2.24) is 0 Å². The van der Waals surface area contributed by atoms with Crippen molar-refractivity contribution in [2.45, 2.75) is 6.54 Å². The summed E-state index contributed by atoms with van der Waals surface area (Å²) in [5.74, 6) is 0.633. The van der Waals surface area contributed by atoms with Crippen LogP contribution in [0.1, 0.15) is 5.56 Å². The highest BCUT2D eigenvalue weighted by atomic mass is 79.9. The van der Waals surface area contributed by atoms with Crippen molar-refractivity contribution in [3.63, 3.8) is 0 Å². The molecule has 2 aromatic carbocycles. The molecule has 5 heteroatoms. The van der Waals surface area contributed by atoms with Gasteiger partial charge in [-0.3, -0.25) is 0 Å². The topological polar surface area (TPSA) is 30.5 Å². The van der Waals surface area contributed by atoms with Crippen LogP contribution in [0.25, 0.3) is 0 Å². The molecule has 3 nitrogen and oxygen atoms in total. The van der Waals surface area contributed by atoms with Crippen LogP contribution < -0.4 is 14.8 Å². The second-order valence-electron chi connectivity index (χ2n) is 4.17. The lowest BCUT2D eigenvalue weighted by Gasteiger charge is -2.11. The second kappa shape index (κ2) is 6.61. The molecular formula is C15H15BrFNO2. The Morgan fingerprint density at radius 3 is 2.65 bits per heavy atom. The number of anilines is 1. The van der Waals surface area contributed by atoms with Crippen LogP contribution in [0.4, 0.5) is 10.1 Å². The number of hydrogen-bond donors (Lipinski definition) is 1. The largest absolute Gasteiger partial charge is 0.497 e. The van der Waals surface area contributed by atoms with Crippen LogP contribution in [0.3, 0.4) is 0 Å². The van der Waals surface area contributed by atoms with Crippen LogP contribution in [0.5, 0.6) is 11.5 Å². The molecule has 2 rings (SSSR count). The molecule has 0 atom stereocenters. The van der Waals surface area contributed by atoms with Crippen molar-refractivity contribution in [3.05, 3.63) is 52.3 Å². The molecule has 0 aromatic heterocycles. The smallest absolute Gasteiger partial charge is 0.170 e. The number of methoxy groups -OCH3 is 2. The maximum Gasteiger partial charge on any atom is 0.170 e. The Labute approximate surface area is 125 Å². The van der Waals surface area contributed by atoms with Crippen molar-refractivity contribution in [2.24, 2.45) is 0 Å². The first-order valence-corrected chi connectivity index (χ1v) is 6.83. The normalized spacial score (nSPS) is 10.2. The Morgan fingerprint density at radius 2 is 1.95 bits per heavy atom. The van der Waals surface area contributed by atoms with E-state index in [1.165, 1.54) is 7.11 Å². The van der Waals surface area contributed by atoms with Crippen LogP contribution in [0.15, 0.2) is 40.9 Å². The second-order valence-corrected chi connectivity index (χ2v) is 5.08. The summed E-state index contributed by atoms with van der Waals surface area (Å²) in [6.07, 6.45) is 0. The predicted octanol–water partition coefficient (Wildman–Crippen LogP) is 4.22. The van der Waals surface area contributed by atoms with E-state index in [1.54, 1.807) is 25.3 Å². The van der Waals surface area contributed by atoms with Crippen LogP contribution in [-0.2, 0) is 6.54 Å². The number of ether oxygens (including phenoxy) is 2. The zero-order valence-corrected chi connectivity index (χ0v) is 12.8. The molecule has 0 bridgehead atoms. The predicted molar refractivity (Wildman–Crippen MR) is 81.0 cm³/mol. The summed E-state index contributed by atoms with van der Waals surface area (Å²) in [5, 5.41) is 3.16. The van der Waals surface area contributed by atoms with Gasteiger partial charge in [0.1, 0.15) is 5.75 Å². The molecule has 0 heterocycles. The first kappa shape index (κ1) is 14.7. The summed E-state index contributed by atoms with van der Waals surface area (Å²) < 4.78 is 25.0. The molecule has 0 amide bonds. The van der Waals surface area contributed by atoms with Gasteiger partial charge in [0.15, 0.2) is 11.6 Å². The minimum Gasteiger partial charge on any atom is -0.497 e. The maximum absolute atomic E-state index is 14.0. The van der Waals surface area contributed by atoms with Gasteiger partial charge in [0.25, 0.3) is 0 Å². The quantitative estimate of drug-likeness (QED) is 0.884. The van der Waals surface area contributed by atoms with Crippen molar-refractivity contribution < 1.29 is 13.9 Å². The van der Waals surface area contributed by atoms with Crippen LogP contribution in [0, 0.1) is 5.82 Å². The SMILES string of the molecule is COc1cc(Br)cc(NCc2cccc(OC)c2F)c1.